The van der Waals surface area contributed by atoms with Gasteiger partial charge in [0.05, 0.1) is 13.7 Å². The minimum atomic E-state index is -0.395. The van der Waals surface area contributed by atoms with E-state index in [-0.39, 0.29) is 6.61 Å². The van der Waals surface area contributed by atoms with E-state index in [0.29, 0.717) is 11.3 Å². The van der Waals surface area contributed by atoms with E-state index in [1.165, 1.54) is 25.7 Å². The molecule has 0 heterocycles. The first-order chi connectivity index (χ1) is 6.67. The van der Waals surface area contributed by atoms with Gasteiger partial charge < -0.3 is 9.84 Å². The first-order valence-corrected chi connectivity index (χ1v) is 4.62. The van der Waals surface area contributed by atoms with Crippen LogP contribution in [-0.2, 0) is 6.61 Å². The van der Waals surface area contributed by atoms with Crippen LogP contribution in [0.2, 0.25) is 0 Å². The fraction of sp³-hybridized carbons (Fsp3) is 0.455. The van der Waals surface area contributed by atoms with Gasteiger partial charge in [-0.2, -0.15) is 0 Å². The molecule has 1 N–H and O–H groups in total. The largest absolute Gasteiger partial charge is 0.497 e. The smallest absolute Gasteiger partial charge is 0.127 e. The normalized spacial score (nSPS) is 8.93. The van der Waals surface area contributed by atoms with Crippen LogP contribution in [0, 0.1) is 5.82 Å². The zero-order valence-electron chi connectivity index (χ0n) is 8.88. The highest BCUT2D eigenvalue weighted by atomic mass is 19.1. The molecule has 0 saturated heterocycles. The van der Waals surface area contributed by atoms with Crippen molar-refractivity contribution in [3.8, 4) is 5.75 Å². The van der Waals surface area contributed by atoms with E-state index in [2.05, 4.69) is 13.8 Å². The SMILES string of the molecule is CCC.COc1cc(F)cc(CO)c1. The zero-order chi connectivity index (χ0) is 11.0. The van der Waals surface area contributed by atoms with Gasteiger partial charge in [-0.1, -0.05) is 20.3 Å². The Kier molecular flexibility index (Phi) is 6.76. The molecule has 0 saturated carbocycles. The van der Waals surface area contributed by atoms with Gasteiger partial charge in [-0.15, -0.1) is 0 Å². The number of rotatable bonds is 2. The summed E-state index contributed by atoms with van der Waals surface area (Å²) in [5, 5.41) is 8.66. The molecule has 3 heteroatoms. The number of aliphatic hydroxyl groups excluding tert-OH is 1. The fourth-order valence-electron chi connectivity index (χ4n) is 0.830. The lowest BCUT2D eigenvalue weighted by molar-refractivity contribution is 0.280. The first-order valence-electron chi connectivity index (χ1n) is 4.62. The monoisotopic (exact) mass is 200 g/mol. The van der Waals surface area contributed by atoms with Crippen molar-refractivity contribution in [1.82, 2.24) is 0 Å². The number of hydrogen-bond donors (Lipinski definition) is 1. The molecule has 2 nitrogen and oxygen atoms in total. The molecule has 0 unspecified atom stereocenters. The average molecular weight is 200 g/mol. The lowest BCUT2D eigenvalue weighted by atomic mass is 10.2. The van der Waals surface area contributed by atoms with Gasteiger partial charge in [0.2, 0.25) is 0 Å². The van der Waals surface area contributed by atoms with E-state index in [9.17, 15) is 4.39 Å². The van der Waals surface area contributed by atoms with Gasteiger partial charge in [-0.05, 0) is 17.7 Å². The Morgan fingerprint density at radius 3 is 2.29 bits per heavy atom. The second-order valence-corrected chi connectivity index (χ2v) is 2.86. The second-order valence-electron chi connectivity index (χ2n) is 2.86. The van der Waals surface area contributed by atoms with Gasteiger partial charge in [0.1, 0.15) is 11.6 Å². The van der Waals surface area contributed by atoms with E-state index < -0.39 is 5.82 Å². The van der Waals surface area contributed by atoms with Gasteiger partial charge in [0.25, 0.3) is 0 Å². The molecular weight excluding hydrogens is 183 g/mol. The number of benzene rings is 1. The van der Waals surface area contributed by atoms with Crippen LogP contribution in [0.5, 0.6) is 5.75 Å². The topological polar surface area (TPSA) is 29.5 Å². The molecule has 0 aliphatic heterocycles. The maximum Gasteiger partial charge on any atom is 0.127 e. The second kappa shape index (κ2) is 7.33. The fourth-order valence-corrected chi connectivity index (χ4v) is 0.830. The van der Waals surface area contributed by atoms with Crippen molar-refractivity contribution >= 4 is 0 Å². The van der Waals surface area contributed by atoms with Crippen molar-refractivity contribution in [1.29, 1.82) is 0 Å². The molecule has 0 aliphatic rings. The van der Waals surface area contributed by atoms with E-state index in [1.807, 2.05) is 0 Å². The highest BCUT2D eigenvalue weighted by molar-refractivity contribution is 5.28. The molecule has 0 fully saturated rings. The molecule has 0 bridgehead atoms. The number of halogens is 1. The lowest BCUT2D eigenvalue weighted by Gasteiger charge is -2.01. The minimum Gasteiger partial charge on any atom is -0.497 e. The molecule has 0 aromatic heterocycles. The summed E-state index contributed by atoms with van der Waals surface area (Å²) in [6.45, 7) is 4.08. The van der Waals surface area contributed by atoms with E-state index in [4.69, 9.17) is 9.84 Å². The van der Waals surface area contributed by atoms with Crippen molar-refractivity contribution in [2.24, 2.45) is 0 Å². The predicted octanol–water partition coefficient (Wildman–Crippen LogP) is 2.74. The highest BCUT2D eigenvalue weighted by Crippen LogP contribution is 2.15. The molecule has 0 spiro atoms. The molecular formula is C11H17FO2. The first kappa shape index (κ1) is 12.9. The van der Waals surface area contributed by atoms with Crippen LogP contribution in [0.15, 0.2) is 18.2 Å². The number of aliphatic hydroxyl groups is 1. The van der Waals surface area contributed by atoms with Crippen LogP contribution < -0.4 is 4.74 Å². The van der Waals surface area contributed by atoms with Crippen LogP contribution in [-0.4, -0.2) is 12.2 Å². The van der Waals surface area contributed by atoms with Gasteiger partial charge in [0, 0.05) is 6.07 Å². The van der Waals surface area contributed by atoms with Gasteiger partial charge in [-0.25, -0.2) is 4.39 Å². The molecule has 1 aromatic carbocycles. The molecule has 0 amide bonds. The van der Waals surface area contributed by atoms with E-state index in [1.54, 1.807) is 6.07 Å². The summed E-state index contributed by atoms with van der Waals surface area (Å²) < 4.78 is 17.4. The number of methoxy groups -OCH3 is 1. The molecule has 0 aliphatic carbocycles. The third-order valence-corrected chi connectivity index (χ3v) is 1.35. The lowest BCUT2D eigenvalue weighted by Crippen LogP contribution is -1.89. The summed E-state index contributed by atoms with van der Waals surface area (Å²) in [6, 6.07) is 4.12. The number of ether oxygens (including phenoxy) is 1. The summed E-state index contributed by atoms with van der Waals surface area (Å²) in [4.78, 5) is 0. The molecule has 14 heavy (non-hydrogen) atoms. The Balaban J connectivity index is 0.000000500. The summed E-state index contributed by atoms with van der Waals surface area (Å²) in [5.41, 5.74) is 0.516. The molecule has 0 atom stereocenters. The highest BCUT2D eigenvalue weighted by Gasteiger charge is 1.98. The molecule has 80 valence electrons. The standard InChI is InChI=1S/C8H9FO2.C3H8/c1-11-8-3-6(5-10)2-7(9)4-8;1-3-2/h2-4,10H,5H2,1H3;3H2,1-2H3. The Hall–Kier alpha value is -1.09. The Bertz CT molecular complexity index is 239. The third-order valence-electron chi connectivity index (χ3n) is 1.35. The van der Waals surface area contributed by atoms with Crippen molar-refractivity contribution in [3.63, 3.8) is 0 Å². The van der Waals surface area contributed by atoms with Gasteiger partial charge in [-0.3, -0.25) is 0 Å². The summed E-state index contributed by atoms with van der Waals surface area (Å²) in [7, 11) is 1.45. The Morgan fingerprint density at radius 1 is 1.29 bits per heavy atom. The number of hydrogen-bond acceptors (Lipinski definition) is 2. The quantitative estimate of drug-likeness (QED) is 0.795. The van der Waals surface area contributed by atoms with Crippen molar-refractivity contribution in [3.05, 3.63) is 29.6 Å². The average Bonchev–Trinajstić information content (AvgIpc) is 2.18. The molecule has 1 aromatic rings. The summed E-state index contributed by atoms with van der Waals surface area (Å²) in [5.74, 6) is 0.0300. The van der Waals surface area contributed by atoms with Crippen LogP contribution in [0.1, 0.15) is 25.8 Å². The maximum absolute atomic E-state index is 12.6. The van der Waals surface area contributed by atoms with Crippen LogP contribution in [0.3, 0.4) is 0 Å². The summed E-state index contributed by atoms with van der Waals surface area (Å²) in [6.07, 6.45) is 1.25. The van der Waals surface area contributed by atoms with Gasteiger partial charge in [0.15, 0.2) is 0 Å². The zero-order valence-corrected chi connectivity index (χ0v) is 8.88. The third kappa shape index (κ3) is 4.82. The molecule has 1 rings (SSSR count). The van der Waals surface area contributed by atoms with Crippen LogP contribution in [0.25, 0.3) is 0 Å². The van der Waals surface area contributed by atoms with E-state index in [0.717, 1.165) is 0 Å². The Labute approximate surface area is 84.3 Å². The van der Waals surface area contributed by atoms with Crippen molar-refractivity contribution < 1.29 is 14.2 Å². The van der Waals surface area contributed by atoms with E-state index >= 15 is 0 Å². The van der Waals surface area contributed by atoms with Gasteiger partial charge >= 0.3 is 0 Å². The van der Waals surface area contributed by atoms with Crippen molar-refractivity contribution in [2.45, 2.75) is 26.9 Å². The summed E-state index contributed by atoms with van der Waals surface area (Å²) >= 11 is 0. The van der Waals surface area contributed by atoms with Crippen LogP contribution >= 0.6 is 0 Å². The maximum atomic E-state index is 12.6. The van der Waals surface area contributed by atoms with Crippen molar-refractivity contribution in [2.75, 3.05) is 7.11 Å². The minimum absolute atomic E-state index is 0.173. The molecule has 0 radical (unpaired) electrons. The Morgan fingerprint density at radius 2 is 1.86 bits per heavy atom. The van der Waals surface area contributed by atoms with Crippen LogP contribution in [0.4, 0.5) is 4.39 Å². The predicted molar refractivity (Wildman–Crippen MR) is 54.8 cm³/mol.